The lowest BCUT2D eigenvalue weighted by Gasteiger charge is -2.29. The molecule has 242 valence electrons. The molecule has 1 aliphatic rings. The fraction of sp³-hybridized carbons (Fsp3) is 0.500. The van der Waals surface area contributed by atoms with Crippen LogP contribution in [-0.2, 0) is 27.2 Å². The van der Waals surface area contributed by atoms with Crippen LogP contribution in [0.15, 0.2) is 60.7 Å². The molecule has 0 aliphatic heterocycles. The highest BCUT2D eigenvalue weighted by Gasteiger charge is 2.24. The summed E-state index contributed by atoms with van der Waals surface area (Å²) in [6.45, 7) is 7.57. The van der Waals surface area contributed by atoms with Crippen molar-refractivity contribution in [1.29, 1.82) is 0 Å². The van der Waals surface area contributed by atoms with E-state index in [2.05, 4.69) is 20.1 Å². The van der Waals surface area contributed by atoms with Gasteiger partial charge in [-0.3, -0.25) is 4.79 Å². The molecule has 1 saturated carbocycles. The predicted molar refractivity (Wildman–Crippen MR) is 168 cm³/mol. The molecular weight excluding hydrogens is 566 g/mol. The summed E-state index contributed by atoms with van der Waals surface area (Å²) >= 11 is 0. The highest BCUT2D eigenvalue weighted by molar-refractivity contribution is 5.87. The van der Waals surface area contributed by atoms with E-state index in [1.54, 1.807) is 18.2 Å². The Balaban J connectivity index is 0.00000102. The van der Waals surface area contributed by atoms with Crippen LogP contribution in [0.4, 0.5) is 8.78 Å². The second kappa shape index (κ2) is 20.0. The molecule has 0 aromatic heterocycles. The van der Waals surface area contributed by atoms with E-state index in [1.165, 1.54) is 44.6 Å². The number of aliphatic hydroxyl groups is 3. The first-order valence-electron chi connectivity index (χ1n) is 15.5. The Morgan fingerprint density at radius 1 is 0.977 bits per heavy atom. The minimum Gasteiger partial charge on any atom is -0.462 e. The lowest BCUT2D eigenvalue weighted by atomic mass is 9.76. The van der Waals surface area contributed by atoms with Crippen molar-refractivity contribution >= 4 is 12.3 Å². The molecule has 0 radical (unpaired) electrons. The quantitative estimate of drug-likeness (QED) is 0.0863. The Morgan fingerprint density at radius 2 is 1.70 bits per heavy atom. The molecule has 1 aliphatic carbocycles. The largest absolute Gasteiger partial charge is 0.462 e. The molecule has 8 heteroatoms. The van der Waals surface area contributed by atoms with Crippen LogP contribution in [0.3, 0.4) is 0 Å². The number of hydrogen-bond acceptors (Lipinski definition) is 6. The lowest BCUT2D eigenvalue weighted by molar-refractivity contribution is -0.140. The molecule has 1 atom stereocenters. The SMILES string of the molecule is C=C(C=O)CO.C=C(CO)C(=O)OCC(CO)c1ccc(CCc2ccc(C3CCC(CCCCC)CC3)c(F)c2)c(F)c1. The Morgan fingerprint density at radius 3 is 2.25 bits per heavy atom. The Bertz CT molecular complexity index is 1220. The number of ether oxygens (including phenoxy) is 1. The number of carbonyl (C=O) groups excluding carboxylic acids is 2. The summed E-state index contributed by atoms with van der Waals surface area (Å²) in [5, 5.41) is 26.6. The molecule has 2 aromatic carbocycles. The molecule has 0 saturated heterocycles. The molecule has 3 rings (SSSR count). The first-order valence-corrected chi connectivity index (χ1v) is 15.5. The van der Waals surface area contributed by atoms with Crippen LogP contribution < -0.4 is 0 Å². The van der Waals surface area contributed by atoms with Gasteiger partial charge in [-0.05, 0) is 84.7 Å². The molecule has 44 heavy (non-hydrogen) atoms. The first kappa shape index (κ1) is 37.0. The molecular formula is C36H48F2O6. The summed E-state index contributed by atoms with van der Waals surface area (Å²) < 4.78 is 34.9. The van der Waals surface area contributed by atoms with E-state index in [9.17, 15) is 19.1 Å². The first-order chi connectivity index (χ1) is 21.2. The smallest absolute Gasteiger partial charge is 0.335 e. The Hall–Kier alpha value is -3.20. The van der Waals surface area contributed by atoms with Crippen LogP contribution in [-0.4, -0.2) is 54.0 Å². The zero-order valence-electron chi connectivity index (χ0n) is 25.9. The molecule has 0 amide bonds. The van der Waals surface area contributed by atoms with E-state index in [1.807, 2.05) is 12.1 Å². The molecule has 6 nitrogen and oxygen atoms in total. The van der Waals surface area contributed by atoms with E-state index in [4.69, 9.17) is 14.9 Å². The predicted octanol–water partition coefficient (Wildman–Crippen LogP) is 6.51. The van der Waals surface area contributed by atoms with Crippen molar-refractivity contribution in [3.8, 4) is 0 Å². The number of halogens is 2. The number of rotatable bonds is 16. The average molecular weight is 615 g/mol. The third-order valence-electron chi connectivity index (χ3n) is 8.28. The highest BCUT2D eigenvalue weighted by Crippen LogP contribution is 2.39. The van der Waals surface area contributed by atoms with E-state index in [-0.39, 0.29) is 42.7 Å². The van der Waals surface area contributed by atoms with Crippen molar-refractivity contribution in [1.82, 2.24) is 0 Å². The van der Waals surface area contributed by atoms with Crippen molar-refractivity contribution in [3.63, 3.8) is 0 Å². The molecule has 1 fully saturated rings. The fourth-order valence-electron chi connectivity index (χ4n) is 5.44. The topological polar surface area (TPSA) is 104 Å². The van der Waals surface area contributed by atoms with E-state index in [0.717, 1.165) is 29.9 Å². The van der Waals surface area contributed by atoms with Crippen molar-refractivity contribution in [3.05, 3.63) is 94.6 Å². The van der Waals surface area contributed by atoms with Gasteiger partial charge in [-0.15, -0.1) is 0 Å². The van der Waals surface area contributed by atoms with Crippen molar-refractivity contribution < 1.29 is 38.4 Å². The molecule has 1 unspecified atom stereocenters. The third kappa shape index (κ3) is 12.1. The standard InChI is InChI=1S/C32H42F2O4.C4H6O2/c1-3-4-5-6-23-7-11-25(12-8-23)29-16-10-24(17-31(29)34)9-13-26-14-15-27(18-30(26)33)28(20-36)21-38-32(37)22(2)19-35;1-4(2-5)3-6/h10,14-18,23,25,28,35-36H,2-9,11-13,19-21H2,1H3;2,6H,1,3H2. The van der Waals surface area contributed by atoms with Gasteiger partial charge in [0.2, 0.25) is 0 Å². The van der Waals surface area contributed by atoms with Gasteiger partial charge in [0, 0.05) is 11.5 Å². The Kier molecular flexibility index (Phi) is 16.8. The van der Waals surface area contributed by atoms with Gasteiger partial charge in [-0.25, -0.2) is 13.6 Å². The highest BCUT2D eigenvalue weighted by atomic mass is 19.1. The normalized spacial score (nSPS) is 16.8. The van der Waals surface area contributed by atoms with Gasteiger partial charge < -0.3 is 20.1 Å². The third-order valence-corrected chi connectivity index (χ3v) is 8.28. The van der Waals surface area contributed by atoms with Crippen LogP contribution in [0.5, 0.6) is 0 Å². The summed E-state index contributed by atoms with van der Waals surface area (Å²) in [4.78, 5) is 21.2. The van der Waals surface area contributed by atoms with Crippen LogP contribution in [0, 0.1) is 17.6 Å². The number of carbonyl (C=O) groups is 2. The van der Waals surface area contributed by atoms with Gasteiger partial charge >= 0.3 is 5.97 Å². The second-order valence-corrected chi connectivity index (χ2v) is 11.6. The van der Waals surface area contributed by atoms with Crippen LogP contribution in [0.2, 0.25) is 0 Å². The van der Waals surface area contributed by atoms with Crippen molar-refractivity contribution in [2.24, 2.45) is 5.92 Å². The number of aldehydes is 1. The van der Waals surface area contributed by atoms with E-state index < -0.39 is 24.3 Å². The number of benzene rings is 2. The summed E-state index contributed by atoms with van der Waals surface area (Å²) in [6.07, 6.45) is 11.1. The molecule has 2 aromatic rings. The zero-order valence-corrected chi connectivity index (χ0v) is 25.9. The number of unbranched alkanes of at least 4 members (excludes halogenated alkanes) is 2. The van der Waals surface area contributed by atoms with Gasteiger partial charge in [0.05, 0.1) is 25.4 Å². The van der Waals surface area contributed by atoms with Gasteiger partial charge in [-0.1, -0.05) is 70.0 Å². The minimum absolute atomic E-state index is 0.0853. The maximum absolute atomic E-state index is 15.0. The van der Waals surface area contributed by atoms with Crippen molar-refractivity contribution in [2.45, 2.75) is 83.0 Å². The lowest BCUT2D eigenvalue weighted by Crippen LogP contribution is -2.18. The summed E-state index contributed by atoms with van der Waals surface area (Å²) in [6, 6.07) is 10.2. The average Bonchev–Trinajstić information content (AvgIpc) is 3.04. The summed E-state index contributed by atoms with van der Waals surface area (Å²) in [5.41, 5.74) is 2.79. The minimum atomic E-state index is -0.753. The van der Waals surface area contributed by atoms with E-state index in [0.29, 0.717) is 30.3 Å². The van der Waals surface area contributed by atoms with E-state index >= 15 is 4.39 Å². The number of aryl methyl sites for hydroxylation is 2. The second-order valence-electron chi connectivity index (χ2n) is 11.6. The van der Waals surface area contributed by atoms with Crippen LogP contribution in [0.25, 0.3) is 0 Å². The molecule has 0 spiro atoms. The van der Waals surface area contributed by atoms with Crippen molar-refractivity contribution in [2.75, 3.05) is 26.4 Å². The number of hydrogen-bond donors (Lipinski definition) is 3. The van der Waals surface area contributed by atoms with Gasteiger partial charge in [0.15, 0.2) is 0 Å². The van der Waals surface area contributed by atoms with Gasteiger partial charge in [0.25, 0.3) is 0 Å². The zero-order chi connectivity index (χ0) is 32.5. The maximum atomic E-state index is 15.0. The Labute approximate surface area is 260 Å². The number of aliphatic hydroxyl groups excluding tert-OH is 3. The number of esters is 1. The van der Waals surface area contributed by atoms with Gasteiger partial charge in [0.1, 0.15) is 24.5 Å². The summed E-state index contributed by atoms with van der Waals surface area (Å²) in [7, 11) is 0. The molecule has 3 N–H and O–H groups in total. The molecule has 0 heterocycles. The monoisotopic (exact) mass is 614 g/mol. The summed E-state index contributed by atoms with van der Waals surface area (Å²) in [5.74, 6) is -0.845. The van der Waals surface area contributed by atoms with Crippen LogP contribution >= 0.6 is 0 Å². The fourth-order valence-corrected chi connectivity index (χ4v) is 5.44. The van der Waals surface area contributed by atoms with Gasteiger partial charge in [-0.2, -0.15) is 0 Å². The van der Waals surface area contributed by atoms with Crippen LogP contribution in [0.1, 0.15) is 92.4 Å². The maximum Gasteiger partial charge on any atom is 0.335 e. The molecule has 0 bridgehead atoms.